The van der Waals surface area contributed by atoms with Crippen molar-refractivity contribution >= 4 is 21.4 Å². The number of nitrogens with one attached hydrogen (secondary N) is 1. The lowest BCUT2D eigenvalue weighted by molar-refractivity contribution is -0.385. The Morgan fingerprint density at radius 2 is 1.71 bits per heavy atom. The highest BCUT2D eigenvalue weighted by molar-refractivity contribution is 7.92. The molecule has 24 heavy (non-hydrogen) atoms. The molecule has 0 amide bonds. The molecule has 1 N–H and O–H groups in total. The standard InChI is InChI=1S/C13H9F3N2O5S/c14-13(15,16)23-11-6-4-9(5-7-11)17-24(21,22)12-3-1-2-10(8-12)18(19)20/h1-8,17H. The molecule has 0 aliphatic rings. The normalized spacial score (nSPS) is 11.8. The molecule has 11 heteroatoms. The number of anilines is 1. The molecule has 0 unspecified atom stereocenters. The van der Waals surface area contributed by atoms with Crippen molar-refractivity contribution in [1.29, 1.82) is 0 Å². The van der Waals surface area contributed by atoms with Crippen LogP contribution in [-0.2, 0) is 10.0 Å². The van der Waals surface area contributed by atoms with Crippen molar-refractivity contribution in [3.63, 3.8) is 0 Å². The molecular weight excluding hydrogens is 353 g/mol. The van der Waals surface area contributed by atoms with E-state index in [0.29, 0.717) is 0 Å². The van der Waals surface area contributed by atoms with Crippen LogP contribution >= 0.6 is 0 Å². The van der Waals surface area contributed by atoms with Gasteiger partial charge in [0.2, 0.25) is 0 Å². The first kappa shape index (κ1) is 17.5. The van der Waals surface area contributed by atoms with Crippen LogP contribution in [0.3, 0.4) is 0 Å². The summed E-state index contributed by atoms with van der Waals surface area (Å²) in [7, 11) is -4.13. The van der Waals surface area contributed by atoms with E-state index in [4.69, 9.17) is 0 Å². The number of nitro groups is 1. The van der Waals surface area contributed by atoms with Crippen molar-refractivity contribution in [3.05, 3.63) is 58.6 Å². The zero-order valence-corrected chi connectivity index (χ0v) is 12.5. The molecule has 7 nitrogen and oxygen atoms in total. The van der Waals surface area contributed by atoms with Gasteiger partial charge in [-0.3, -0.25) is 14.8 Å². The van der Waals surface area contributed by atoms with E-state index in [0.717, 1.165) is 42.5 Å². The number of alkyl halides is 3. The van der Waals surface area contributed by atoms with Crippen molar-refractivity contribution < 1.29 is 31.2 Å². The number of rotatable bonds is 5. The van der Waals surface area contributed by atoms with Gasteiger partial charge in [0.1, 0.15) is 5.75 Å². The van der Waals surface area contributed by atoms with E-state index < -0.39 is 32.7 Å². The van der Waals surface area contributed by atoms with Gasteiger partial charge in [0, 0.05) is 17.8 Å². The van der Waals surface area contributed by atoms with E-state index in [9.17, 15) is 31.7 Å². The highest BCUT2D eigenvalue weighted by atomic mass is 32.2. The molecule has 0 bridgehead atoms. The van der Waals surface area contributed by atoms with Gasteiger partial charge in [-0.1, -0.05) is 6.07 Å². The summed E-state index contributed by atoms with van der Waals surface area (Å²) in [5.41, 5.74) is -0.442. The number of ether oxygens (including phenoxy) is 1. The molecule has 0 spiro atoms. The SMILES string of the molecule is O=[N+]([O-])c1cccc(S(=O)(=O)Nc2ccc(OC(F)(F)F)cc2)c1. The lowest BCUT2D eigenvalue weighted by Crippen LogP contribution is -2.17. The highest BCUT2D eigenvalue weighted by Crippen LogP contribution is 2.25. The number of benzene rings is 2. The Bertz CT molecular complexity index is 851. The van der Waals surface area contributed by atoms with Crippen molar-refractivity contribution in [2.75, 3.05) is 4.72 Å². The van der Waals surface area contributed by atoms with Crippen LogP contribution in [0, 0.1) is 10.1 Å². The van der Waals surface area contributed by atoms with Crippen molar-refractivity contribution in [2.45, 2.75) is 11.3 Å². The Morgan fingerprint density at radius 1 is 1.08 bits per heavy atom. The van der Waals surface area contributed by atoms with Gasteiger partial charge >= 0.3 is 6.36 Å². The van der Waals surface area contributed by atoms with Gasteiger partial charge in [-0.2, -0.15) is 0 Å². The number of non-ortho nitro benzene ring substituents is 1. The molecule has 0 saturated heterocycles. The molecule has 0 radical (unpaired) electrons. The minimum atomic E-state index is -4.86. The Kier molecular flexibility index (Phi) is 4.64. The van der Waals surface area contributed by atoms with Gasteiger partial charge in [0.05, 0.1) is 9.82 Å². The number of sulfonamides is 1. The van der Waals surface area contributed by atoms with Gasteiger partial charge in [0.15, 0.2) is 0 Å². The largest absolute Gasteiger partial charge is 0.573 e. The summed E-state index contributed by atoms with van der Waals surface area (Å²) in [4.78, 5) is 9.57. The molecule has 2 aromatic carbocycles. The topological polar surface area (TPSA) is 98.5 Å². The van der Waals surface area contributed by atoms with E-state index in [-0.39, 0.29) is 10.6 Å². The summed E-state index contributed by atoms with van der Waals surface area (Å²) in [5, 5.41) is 10.7. The predicted molar refractivity (Wildman–Crippen MR) is 77.0 cm³/mol. The van der Waals surface area contributed by atoms with Gasteiger partial charge < -0.3 is 4.74 Å². The van der Waals surface area contributed by atoms with Crippen LogP contribution in [0.5, 0.6) is 5.75 Å². The van der Waals surface area contributed by atoms with Gasteiger partial charge in [-0.25, -0.2) is 8.42 Å². The molecule has 0 atom stereocenters. The van der Waals surface area contributed by atoms with Crippen LogP contribution in [0.4, 0.5) is 24.5 Å². The fourth-order valence-corrected chi connectivity index (χ4v) is 2.80. The fourth-order valence-electron chi connectivity index (χ4n) is 1.70. The van der Waals surface area contributed by atoms with Crippen molar-refractivity contribution in [2.24, 2.45) is 0 Å². The van der Waals surface area contributed by atoms with Crippen LogP contribution in [-0.4, -0.2) is 19.7 Å². The maximum atomic E-state index is 12.1. The zero-order chi connectivity index (χ0) is 18.0. The van der Waals surface area contributed by atoms with E-state index >= 15 is 0 Å². The van der Waals surface area contributed by atoms with Crippen molar-refractivity contribution in [1.82, 2.24) is 0 Å². The zero-order valence-electron chi connectivity index (χ0n) is 11.6. The van der Waals surface area contributed by atoms with Gasteiger partial charge in [-0.05, 0) is 30.3 Å². The van der Waals surface area contributed by atoms with E-state index in [2.05, 4.69) is 9.46 Å². The first-order valence-corrected chi connectivity index (χ1v) is 7.68. The molecule has 128 valence electrons. The number of hydrogen-bond acceptors (Lipinski definition) is 5. The third-order valence-electron chi connectivity index (χ3n) is 2.68. The number of hydrogen-bond donors (Lipinski definition) is 1. The summed E-state index contributed by atoms with van der Waals surface area (Å²) in [6.07, 6.45) is -4.86. The Balaban J connectivity index is 2.20. The summed E-state index contributed by atoms with van der Waals surface area (Å²) < 4.78 is 66.2. The average Bonchev–Trinajstić information content (AvgIpc) is 2.48. The molecule has 0 aromatic heterocycles. The number of halogens is 3. The summed E-state index contributed by atoms with van der Waals surface area (Å²) in [6, 6.07) is 8.33. The predicted octanol–water partition coefficient (Wildman–Crippen LogP) is 3.29. The maximum Gasteiger partial charge on any atom is 0.573 e. The lowest BCUT2D eigenvalue weighted by Gasteiger charge is -2.11. The van der Waals surface area contributed by atoms with Gasteiger partial charge in [0.25, 0.3) is 15.7 Å². The Labute approximate surface area is 133 Å². The second-order valence-electron chi connectivity index (χ2n) is 4.43. The molecule has 2 aromatic rings. The Morgan fingerprint density at radius 3 is 2.25 bits per heavy atom. The summed E-state index contributed by atoms with van der Waals surface area (Å²) in [5.74, 6) is -0.513. The van der Waals surface area contributed by atoms with Crippen LogP contribution < -0.4 is 9.46 Å². The third-order valence-corrected chi connectivity index (χ3v) is 4.06. The quantitative estimate of drug-likeness (QED) is 0.650. The van der Waals surface area contributed by atoms with Crippen LogP contribution in [0.15, 0.2) is 53.4 Å². The van der Waals surface area contributed by atoms with Crippen LogP contribution in [0.25, 0.3) is 0 Å². The molecule has 0 saturated carbocycles. The molecule has 0 fully saturated rings. The molecule has 2 rings (SSSR count). The monoisotopic (exact) mass is 362 g/mol. The Hall–Kier alpha value is -2.82. The first-order valence-electron chi connectivity index (χ1n) is 6.20. The third kappa shape index (κ3) is 4.59. The lowest BCUT2D eigenvalue weighted by atomic mass is 10.3. The number of nitrogens with zero attached hydrogens (tertiary/aromatic N) is 1. The molecule has 0 heterocycles. The maximum absolute atomic E-state index is 12.1. The first-order chi connectivity index (χ1) is 11.1. The van der Waals surface area contributed by atoms with Crippen LogP contribution in [0.1, 0.15) is 0 Å². The molecular formula is C13H9F3N2O5S. The van der Waals surface area contributed by atoms with E-state index in [1.165, 1.54) is 6.07 Å². The minimum absolute atomic E-state index is 0.0315. The molecule has 0 aliphatic carbocycles. The van der Waals surface area contributed by atoms with Gasteiger partial charge in [-0.15, -0.1) is 13.2 Å². The van der Waals surface area contributed by atoms with E-state index in [1.54, 1.807) is 0 Å². The second kappa shape index (κ2) is 6.35. The molecule has 0 aliphatic heterocycles. The average molecular weight is 362 g/mol. The minimum Gasteiger partial charge on any atom is -0.406 e. The smallest absolute Gasteiger partial charge is 0.406 e. The summed E-state index contributed by atoms with van der Waals surface area (Å²) >= 11 is 0. The fraction of sp³-hybridized carbons (Fsp3) is 0.0769. The van der Waals surface area contributed by atoms with E-state index in [1.807, 2.05) is 0 Å². The summed E-state index contributed by atoms with van der Waals surface area (Å²) in [6.45, 7) is 0. The van der Waals surface area contributed by atoms with Crippen LogP contribution in [0.2, 0.25) is 0 Å². The highest BCUT2D eigenvalue weighted by Gasteiger charge is 2.31. The van der Waals surface area contributed by atoms with Crippen molar-refractivity contribution in [3.8, 4) is 5.75 Å². The second-order valence-corrected chi connectivity index (χ2v) is 6.11. The number of nitro benzene ring substituents is 1.